The number of rotatable bonds is 6. The van der Waals surface area contributed by atoms with Gasteiger partial charge in [0.15, 0.2) is 0 Å². The van der Waals surface area contributed by atoms with Crippen LogP contribution in [0.3, 0.4) is 0 Å². The zero-order chi connectivity index (χ0) is 22.9. The average Bonchev–Trinajstić information content (AvgIpc) is 2.84. The Bertz CT molecular complexity index is 1070. The summed E-state index contributed by atoms with van der Waals surface area (Å²) in [5.41, 5.74) is 0.207. The molecule has 1 amide bonds. The second-order valence-corrected chi connectivity index (χ2v) is 11.0. The van der Waals surface area contributed by atoms with Gasteiger partial charge < -0.3 is 10.1 Å². The fraction of sp³-hybridized carbons (Fsp3) is 0.593. The van der Waals surface area contributed by atoms with Crippen LogP contribution in [0.25, 0.3) is 11.1 Å². The minimum absolute atomic E-state index is 0.00769. The van der Waals surface area contributed by atoms with Gasteiger partial charge in [0.25, 0.3) is 0 Å². The van der Waals surface area contributed by atoms with Gasteiger partial charge >= 0.3 is 6.01 Å². The minimum Gasteiger partial charge on any atom is -0.464 e. The lowest BCUT2D eigenvalue weighted by Gasteiger charge is -2.83. The first-order valence-electron chi connectivity index (χ1n) is 12.4. The van der Waals surface area contributed by atoms with Crippen molar-refractivity contribution in [1.82, 2.24) is 9.97 Å². The molecule has 6 fully saturated rings. The van der Waals surface area contributed by atoms with E-state index in [0.29, 0.717) is 25.5 Å². The van der Waals surface area contributed by atoms with Crippen molar-refractivity contribution in [1.29, 1.82) is 0 Å². The van der Waals surface area contributed by atoms with Gasteiger partial charge in [0.2, 0.25) is 5.91 Å². The van der Waals surface area contributed by atoms with Crippen molar-refractivity contribution >= 4 is 11.6 Å². The highest BCUT2D eigenvalue weighted by molar-refractivity contribution is 6.00. The Labute approximate surface area is 194 Å². The molecule has 1 atom stereocenters. The van der Waals surface area contributed by atoms with Gasteiger partial charge in [0.05, 0.1) is 12.0 Å². The second kappa shape index (κ2) is 7.00. The molecule has 5 nitrogen and oxygen atoms in total. The number of hydrogen-bond donors (Lipinski definition) is 1. The van der Waals surface area contributed by atoms with Gasteiger partial charge in [-0.2, -0.15) is 0 Å². The van der Waals surface area contributed by atoms with Crippen molar-refractivity contribution in [3.05, 3.63) is 36.7 Å². The molecule has 33 heavy (non-hydrogen) atoms. The SMILES string of the molecule is CCOc1ncc(-c2cccc(NC(=O)C34CC(F)(C3)C4(C)C34CCC(CC3)CC4)c2)cn1. The number of carbonyl (C=O) groups is 1. The summed E-state index contributed by atoms with van der Waals surface area (Å²) < 4.78 is 21.2. The number of anilines is 1. The molecule has 174 valence electrons. The predicted octanol–water partition coefficient (Wildman–Crippen LogP) is 5.96. The van der Waals surface area contributed by atoms with Crippen LogP contribution in [0.15, 0.2) is 36.7 Å². The maximum absolute atomic E-state index is 15.9. The van der Waals surface area contributed by atoms with Gasteiger partial charge in [0, 0.05) is 29.1 Å². The molecule has 6 heteroatoms. The Morgan fingerprint density at radius 3 is 2.39 bits per heavy atom. The number of ether oxygens (including phenoxy) is 1. The van der Waals surface area contributed by atoms with Crippen LogP contribution in [0.2, 0.25) is 0 Å². The number of halogens is 1. The third kappa shape index (κ3) is 2.66. The second-order valence-electron chi connectivity index (χ2n) is 11.0. The lowest BCUT2D eigenvalue weighted by Crippen LogP contribution is -2.87. The third-order valence-corrected chi connectivity index (χ3v) is 9.96. The molecule has 0 aliphatic heterocycles. The number of aromatic nitrogens is 2. The topological polar surface area (TPSA) is 64.1 Å². The van der Waals surface area contributed by atoms with Gasteiger partial charge in [0.1, 0.15) is 5.67 Å². The Hall–Kier alpha value is -2.50. The van der Waals surface area contributed by atoms with E-state index in [9.17, 15) is 4.79 Å². The highest BCUT2D eigenvalue weighted by Crippen LogP contribution is 2.88. The molecule has 1 aromatic carbocycles. The molecule has 4 bridgehead atoms. The van der Waals surface area contributed by atoms with E-state index >= 15 is 4.39 Å². The monoisotopic (exact) mass is 449 g/mol. The van der Waals surface area contributed by atoms with Crippen molar-refractivity contribution in [3.8, 4) is 17.1 Å². The molecule has 2 aromatic rings. The summed E-state index contributed by atoms with van der Waals surface area (Å²) in [6.45, 7) is 4.51. The number of benzene rings is 1. The summed E-state index contributed by atoms with van der Waals surface area (Å²) >= 11 is 0. The van der Waals surface area contributed by atoms with Crippen LogP contribution in [0.5, 0.6) is 6.01 Å². The Balaban J connectivity index is 1.24. The molecule has 1 N–H and O–H groups in total. The molecule has 6 aliphatic rings. The van der Waals surface area contributed by atoms with Crippen molar-refractivity contribution in [3.63, 3.8) is 0 Å². The van der Waals surface area contributed by atoms with Crippen molar-refractivity contribution < 1.29 is 13.9 Å². The van der Waals surface area contributed by atoms with Gasteiger partial charge in [-0.3, -0.25) is 4.79 Å². The van der Waals surface area contributed by atoms with Crippen molar-refractivity contribution in [2.24, 2.45) is 22.2 Å². The smallest absolute Gasteiger partial charge is 0.316 e. The summed E-state index contributed by atoms with van der Waals surface area (Å²) in [4.78, 5) is 22.2. The van der Waals surface area contributed by atoms with Crippen molar-refractivity contribution in [2.45, 2.75) is 70.9 Å². The molecule has 0 saturated heterocycles. The number of carbonyl (C=O) groups excluding carboxylic acids is 1. The molecular formula is C27H32FN3O2. The van der Waals surface area contributed by atoms with Crippen LogP contribution in [-0.2, 0) is 4.79 Å². The quantitative estimate of drug-likeness (QED) is 0.591. The molecule has 6 saturated carbocycles. The normalized spacial score (nSPS) is 38.2. The largest absolute Gasteiger partial charge is 0.464 e. The van der Waals surface area contributed by atoms with Gasteiger partial charge in [-0.25, -0.2) is 14.4 Å². The van der Waals surface area contributed by atoms with Gasteiger partial charge in [-0.15, -0.1) is 0 Å². The lowest BCUT2D eigenvalue weighted by atomic mass is 9.20. The number of amides is 1. The number of hydrogen-bond acceptors (Lipinski definition) is 4. The zero-order valence-corrected chi connectivity index (χ0v) is 19.5. The number of nitrogens with zero attached hydrogens (tertiary/aromatic N) is 2. The van der Waals surface area contributed by atoms with E-state index < -0.39 is 16.5 Å². The third-order valence-electron chi connectivity index (χ3n) is 9.96. The summed E-state index contributed by atoms with van der Waals surface area (Å²) in [5.74, 6) is 0.813. The zero-order valence-electron chi connectivity index (χ0n) is 19.5. The summed E-state index contributed by atoms with van der Waals surface area (Å²) in [6, 6.07) is 8.07. The molecule has 6 aliphatic carbocycles. The van der Waals surface area contributed by atoms with Crippen LogP contribution in [-0.4, -0.2) is 28.2 Å². The summed E-state index contributed by atoms with van der Waals surface area (Å²) in [6.07, 6.45) is 11.1. The first-order chi connectivity index (χ1) is 15.8. The van der Waals surface area contributed by atoms with E-state index in [1.54, 1.807) is 12.4 Å². The molecule has 1 aromatic heterocycles. The number of alkyl halides is 1. The molecule has 8 rings (SSSR count). The highest BCUT2D eigenvalue weighted by atomic mass is 19.1. The molecule has 1 unspecified atom stereocenters. The molecule has 0 spiro atoms. The molecule has 0 radical (unpaired) electrons. The van der Waals surface area contributed by atoms with Crippen molar-refractivity contribution in [2.75, 3.05) is 11.9 Å². The van der Waals surface area contributed by atoms with Crippen LogP contribution in [0.4, 0.5) is 10.1 Å². The average molecular weight is 450 g/mol. The van der Waals surface area contributed by atoms with Crippen LogP contribution < -0.4 is 10.1 Å². The first kappa shape index (κ1) is 21.1. The van der Waals surface area contributed by atoms with Crippen LogP contribution in [0, 0.1) is 22.2 Å². The first-order valence-corrected chi connectivity index (χ1v) is 12.4. The standard InChI is InChI=1S/C27H32FN3O2/c1-3-33-23-29-14-20(15-30-23)19-5-4-6-21(13-19)31-22(32)26-16-27(28,17-26)24(26,2)25-10-7-18(8-11-25)9-12-25/h4-6,13-15,18H,3,7-12,16-17H2,1-2H3,(H,31,32). The number of nitrogens with one attached hydrogen (secondary N) is 1. The fourth-order valence-electron chi connectivity index (χ4n) is 7.89. The molecule has 1 heterocycles. The van der Waals surface area contributed by atoms with E-state index in [1.807, 2.05) is 31.2 Å². The summed E-state index contributed by atoms with van der Waals surface area (Å²) in [5, 5.41) is 3.16. The van der Waals surface area contributed by atoms with Crippen LogP contribution >= 0.6 is 0 Å². The number of fused-ring (bicyclic) bond motifs is 3. The Kier molecular flexibility index (Phi) is 4.47. The van der Waals surface area contributed by atoms with Gasteiger partial charge in [-0.05, 0) is 87.3 Å². The fourth-order valence-corrected chi connectivity index (χ4v) is 7.89. The summed E-state index contributed by atoms with van der Waals surface area (Å²) in [7, 11) is 0. The van der Waals surface area contributed by atoms with E-state index in [1.165, 1.54) is 19.3 Å². The van der Waals surface area contributed by atoms with E-state index in [0.717, 1.165) is 42.0 Å². The van der Waals surface area contributed by atoms with E-state index in [4.69, 9.17) is 4.74 Å². The van der Waals surface area contributed by atoms with Crippen LogP contribution in [0.1, 0.15) is 65.2 Å². The van der Waals surface area contributed by atoms with E-state index in [-0.39, 0.29) is 11.3 Å². The maximum Gasteiger partial charge on any atom is 0.316 e. The highest BCUT2D eigenvalue weighted by Gasteiger charge is 2.90. The Morgan fingerprint density at radius 1 is 1.12 bits per heavy atom. The molecular weight excluding hydrogens is 417 g/mol. The van der Waals surface area contributed by atoms with Gasteiger partial charge in [-0.1, -0.05) is 19.1 Å². The maximum atomic E-state index is 15.9. The van der Waals surface area contributed by atoms with E-state index in [2.05, 4.69) is 22.2 Å². The lowest BCUT2D eigenvalue weighted by molar-refractivity contribution is -0.378. The predicted molar refractivity (Wildman–Crippen MR) is 125 cm³/mol. The minimum atomic E-state index is -1.17. The Morgan fingerprint density at radius 2 is 1.79 bits per heavy atom.